The largest absolute Gasteiger partial charge is 0.486 e. The van der Waals surface area contributed by atoms with Crippen molar-refractivity contribution < 1.29 is 36.2 Å². The van der Waals surface area contributed by atoms with Crippen LogP contribution >= 0.6 is 0 Å². The highest BCUT2D eigenvalue weighted by molar-refractivity contribution is 7.92. The van der Waals surface area contributed by atoms with Crippen molar-refractivity contribution in [2.45, 2.75) is 30.0 Å². The molecular weight excluding hydrogens is 511 g/mol. The lowest BCUT2D eigenvalue weighted by atomic mass is 10.0. The Bertz CT molecular complexity index is 1600. The summed E-state index contributed by atoms with van der Waals surface area (Å²) in [6, 6.07) is 13.9. The van der Waals surface area contributed by atoms with Crippen molar-refractivity contribution >= 4 is 27.2 Å². The fourth-order valence-electron chi connectivity index (χ4n) is 4.26. The molecule has 0 fully saturated rings. The summed E-state index contributed by atoms with van der Waals surface area (Å²) in [7, 11) is -4.47. The van der Waals surface area contributed by atoms with Crippen molar-refractivity contribution in [1.82, 2.24) is 9.61 Å². The van der Waals surface area contributed by atoms with Crippen molar-refractivity contribution in [3.63, 3.8) is 0 Å². The van der Waals surface area contributed by atoms with E-state index in [9.17, 15) is 26.4 Å². The van der Waals surface area contributed by atoms with Crippen molar-refractivity contribution in [1.29, 1.82) is 0 Å². The van der Waals surface area contributed by atoms with Gasteiger partial charge in [0.05, 0.1) is 34.4 Å². The topological polar surface area (TPSA) is 101 Å². The van der Waals surface area contributed by atoms with Gasteiger partial charge < -0.3 is 9.84 Å². The number of anilines is 1. The molecule has 0 spiro atoms. The Balaban J connectivity index is 1.62. The Morgan fingerprint density at radius 1 is 1.11 bits per heavy atom. The number of alkyl halides is 3. The minimum atomic E-state index is -4.73. The van der Waals surface area contributed by atoms with Crippen LogP contribution in [-0.2, 0) is 21.0 Å². The van der Waals surface area contributed by atoms with Crippen LogP contribution in [0.3, 0.4) is 0 Å². The number of rotatable bonds is 6. The van der Waals surface area contributed by atoms with Crippen LogP contribution in [0.2, 0.25) is 0 Å². The molecular formula is C25H20F3N3O5S. The lowest BCUT2D eigenvalue weighted by Crippen LogP contribution is -2.43. The quantitative estimate of drug-likeness (QED) is 0.382. The predicted molar refractivity (Wildman–Crippen MR) is 128 cm³/mol. The van der Waals surface area contributed by atoms with Gasteiger partial charge in [-0.1, -0.05) is 18.2 Å². The highest BCUT2D eigenvalue weighted by atomic mass is 32.2. The van der Waals surface area contributed by atoms with Crippen molar-refractivity contribution in [3.05, 3.63) is 78.6 Å². The van der Waals surface area contributed by atoms with Gasteiger partial charge in [-0.2, -0.15) is 18.3 Å². The number of aliphatic carboxylic acids is 1. The number of aromatic nitrogens is 2. The molecule has 4 aromatic rings. The van der Waals surface area contributed by atoms with E-state index in [1.807, 2.05) is 18.2 Å². The maximum absolute atomic E-state index is 13.7. The number of hydrogen-bond donors (Lipinski definition) is 1. The van der Waals surface area contributed by atoms with E-state index < -0.39 is 38.7 Å². The number of ether oxygens (including phenoxy) is 1. The Labute approximate surface area is 209 Å². The number of sulfonamides is 1. The van der Waals surface area contributed by atoms with E-state index in [2.05, 4.69) is 5.10 Å². The second kappa shape index (κ2) is 9.11. The van der Waals surface area contributed by atoms with Crippen LogP contribution in [0.5, 0.6) is 5.75 Å². The van der Waals surface area contributed by atoms with Gasteiger partial charge in [-0.25, -0.2) is 12.9 Å². The minimum Gasteiger partial charge on any atom is -0.486 e. The zero-order valence-electron chi connectivity index (χ0n) is 19.1. The van der Waals surface area contributed by atoms with E-state index >= 15 is 0 Å². The molecule has 0 unspecified atom stereocenters. The van der Waals surface area contributed by atoms with Gasteiger partial charge in [0.1, 0.15) is 11.9 Å². The van der Waals surface area contributed by atoms with E-state index in [1.54, 1.807) is 35.1 Å². The average Bonchev–Trinajstić information content (AvgIpc) is 3.30. The number of carbonyl (C=O) groups is 1. The molecule has 37 heavy (non-hydrogen) atoms. The Hall–Kier alpha value is -4.06. The smallest absolute Gasteiger partial charge is 0.416 e. The second-order valence-corrected chi connectivity index (χ2v) is 10.4. The number of benzene rings is 2. The van der Waals surface area contributed by atoms with Crippen LogP contribution in [0.4, 0.5) is 18.9 Å². The van der Waals surface area contributed by atoms with Gasteiger partial charge in [-0.15, -0.1) is 0 Å². The number of fused-ring (bicyclic) bond motifs is 2. The molecule has 1 aliphatic heterocycles. The van der Waals surface area contributed by atoms with Crippen molar-refractivity contribution in [2.75, 3.05) is 10.8 Å². The zero-order chi connectivity index (χ0) is 26.4. The van der Waals surface area contributed by atoms with Gasteiger partial charge in [0.25, 0.3) is 10.0 Å². The first kappa shape index (κ1) is 24.6. The predicted octanol–water partition coefficient (Wildman–Crippen LogP) is 4.84. The summed E-state index contributed by atoms with van der Waals surface area (Å²) in [6.45, 7) is -0.267. The van der Waals surface area contributed by atoms with Crippen molar-refractivity contribution in [2.24, 2.45) is 0 Å². The summed E-state index contributed by atoms with van der Waals surface area (Å²) in [5.74, 6) is -0.900. The molecule has 12 heteroatoms. The van der Waals surface area contributed by atoms with Crippen LogP contribution in [-0.4, -0.2) is 41.8 Å². The van der Waals surface area contributed by atoms with E-state index in [0.717, 1.165) is 28.0 Å². The number of carboxylic acids is 1. The standard InChI is InChI=1S/C25H20F3N3O5S/c26-25(27,28)17-4-3-5-19(13-17)37(34,35)31-15-18(8-10-24(32)33)36-23-9-7-16(12-22(23)31)20-14-29-30-11-2-1-6-21(20)30/h1-7,9,11-14,18H,8,10,15H2,(H,32,33)/t18-/m0/s1. The number of carboxylic acid groups (broad SMARTS) is 1. The van der Waals surface area contributed by atoms with Gasteiger partial charge in [0.15, 0.2) is 0 Å². The molecule has 1 N–H and O–H groups in total. The Morgan fingerprint density at radius 2 is 1.92 bits per heavy atom. The van der Waals surface area contributed by atoms with Gasteiger partial charge in [-0.3, -0.25) is 9.10 Å². The number of pyridine rings is 1. The maximum Gasteiger partial charge on any atom is 0.416 e. The summed E-state index contributed by atoms with van der Waals surface area (Å²) < 4.78 is 75.9. The molecule has 2 aromatic heterocycles. The summed E-state index contributed by atoms with van der Waals surface area (Å²) in [6.07, 6.45) is -2.40. The first-order valence-electron chi connectivity index (χ1n) is 11.2. The summed E-state index contributed by atoms with van der Waals surface area (Å²) >= 11 is 0. The van der Waals surface area contributed by atoms with Crippen LogP contribution in [0.25, 0.3) is 16.6 Å². The molecule has 5 rings (SSSR count). The number of hydrogen-bond acceptors (Lipinski definition) is 5. The van der Waals surface area contributed by atoms with Crippen LogP contribution in [0.15, 0.2) is 78.0 Å². The Kier molecular flexibility index (Phi) is 6.06. The van der Waals surface area contributed by atoms with Gasteiger partial charge in [0.2, 0.25) is 0 Å². The molecule has 192 valence electrons. The van der Waals surface area contributed by atoms with Crippen LogP contribution in [0.1, 0.15) is 18.4 Å². The fourth-order valence-corrected chi connectivity index (χ4v) is 5.80. The summed E-state index contributed by atoms with van der Waals surface area (Å²) in [5.41, 5.74) is 1.15. The minimum absolute atomic E-state index is 0.0131. The normalized spacial score (nSPS) is 15.9. The molecule has 0 saturated carbocycles. The van der Waals surface area contributed by atoms with Gasteiger partial charge in [-0.05, 0) is 54.4 Å². The van der Waals surface area contributed by atoms with Crippen LogP contribution in [0, 0.1) is 0 Å². The molecule has 0 amide bonds. The number of nitrogens with zero attached hydrogens (tertiary/aromatic N) is 3. The monoisotopic (exact) mass is 531 g/mol. The third-order valence-electron chi connectivity index (χ3n) is 6.06. The lowest BCUT2D eigenvalue weighted by Gasteiger charge is -2.35. The summed E-state index contributed by atoms with van der Waals surface area (Å²) in [5, 5.41) is 13.4. The Morgan fingerprint density at radius 3 is 2.68 bits per heavy atom. The maximum atomic E-state index is 13.7. The molecule has 0 aliphatic carbocycles. The molecule has 8 nitrogen and oxygen atoms in total. The molecule has 2 aromatic carbocycles. The number of halogens is 3. The molecule has 1 aliphatic rings. The molecule has 3 heterocycles. The first-order chi connectivity index (χ1) is 17.5. The van der Waals surface area contributed by atoms with Crippen molar-refractivity contribution in [3.8, 4) is 16.9 Å². The summed E-state index contributed by atoms with van der Waals surface area (Å²) in [4.78, 5) is 10.6. The molecule has 0 saturated heterocycles. The van der Waals surface area contributed by atoms with Crippen LogP contribution < -0.4 is 9.04 Å². The van der Waals surface area contributed by atoms with E-state index in [1.165, 1.54) is 0 Å². The average molecular weight is 532 g/mol. The SMILES string of the molecule is O=C(O)CC[C@H]1CN(S(=O)(=O)c2cccc(C(F)(F)F)c2)c2cc(-c3cnn4ccccc34)ccc2O1. The highest BCUT2D eigenvalue weighted by Gasteiger charge is 2.37. The zero-order valence-corrected chi connectivity index (χ0v) is 19.9. The van der Waals surface area contributed by atoms with E-state index in [0.29, 0.717) is 17.2 Å². The van der Waals surface area contributed by atoms with E-state index in [4.69, 9.17) is 9.84 Å². The van der Waals surface area contributed by atoms with Gasteiger partial charge >= 0.3 is 12.1 Å². The van der Waals surface area contributed by atoms with Gasteiger partial charge in [0, 0.05) is 18.2 Å². The van der Waals surface area contributed by atoms with E-state index in [-0.39, 0.29) is 30.8 Å². The molecule has 1 atom stereocenters. The third kappa shape index (κ3) is 4.71. The first-order valence-corrected chi connectivity index (χ1v) is 12.6. The molecule has 0 radical (unpaired) electrons. The lowest BCUT2D eigenvalue weighted by molar-refractivity contribution is -0.138. The fraction of sp³-hybridized carbons (Fsp3) is 0.200. The second-order valence-electron chi connectivity index (χ2n) is 8.51. The molecule has 0 bridgehead atoms. The highest BCUT2D eigenvalue weighted by Crippen LogP contribution is 2.41. The third-order valence-corrected chi connectivity index (χ3v) is 7.83.